The molecule has 110 valence electrons. The van der Waals surface area contributed by atoms with Crippen LogP contribution in [0.1, 0.15) is 5.56 Å². The summed E-state index contributed by atoms with van der Waals surface area (Å²) in [6.07, 6.45) is -3.08. The molecule has 20 heavy (non-hydrogen) atoms. The fraction of sp³-hybridized carbons (Fsp3) is 0.500. The van der Waals surface area contributed by atoms with Crippen LogP contribution in [0.5, 0.6) is 0 Å². The van der Waals surface area contributed by atoms with Crippen LogP contribution < -0.4 is 0 Å². The summed E-state index contributed by atoms with van der Waals surface area (Å²) in [5.74, 6) is 0. The molecule has 0 saturated carbocycles. The first-order valence-electron chi connectivity index (χ1n) is 6.05. The van der Waals surface area contributed by atoms with Gasteiger partial charge < -0.3 is 30.4 Å². The van der Waals surface area contributed by atoms with Gasteiger partial charge in [-0.25, -0.2) is 0 Å². The third-order valence-corrected chi connectivity index (χ3v) is 3.08. The lowest BCUT2D eigenvalue weighted by atomic mass is 9.98. The van der Waals surface area contributed by atoms with Gasteiger partial charge in [0.05, 0.1) is 12.2 Å². The highest BCUT2D eigenvalue weighted by Crippen LogP contribution is 2.21. The quantitative estimate of drug-likeness (QED) is 0.215. The molecule has 1 aliphatic heterocycles. The molecule has 0 amide bonds. The molecule has 1 saturated heterocycles. The molecule has 5 atom stereocenters. The number of pyridine rings is 1. The van der Waals surface area contributed by atoms with Gasteiger partial charge in [0.1, 0.15) is 18.3 Å². The fourth-order valence-electron chi connectivity index (χ4n) is 1.96. The lowest BCUT2D eigenvalue weighted by molar-refractivity contribution is -0.584. The molecule has 8 nitrogen and oxygen atoms in total. The topological polar surface area (TPSA) is 129 Å². The molecule has 2 heterocycles. The number of hydrogen-bond acceptors (Lipinski definition) is 7. The van der Waals surface area contributed by atoms with Gasteiger partial charge in [0.2, 0.25) is 0 Å². The maximum Gasteiger partial charge on any atom is 0.297 e. The first-order chi connectivity index (χ1) is 9.54. The van der Waals surface area contributed by atoms with E-state index in [1.54, 1.807) is 18.3 Å². The van der Waals surface area contributed by atoms with E-state index in [-0.39, 0.29) is 0 Å². The van der Waals surface area contributed by atoms with Gasteiger partial charge in [0.15, 0.2) is 12.3 Å². The van der Waals surface area contributed by atoms with E-state index in [2.05, 4.69) is 4.98 Å². The molecule has 1 aliphatic rings. The maximum atomic E-state index is 12.0. The molecule has 1 aromatic heterocycles. The number of hydroxylamine groups is 1. The molecule has 0 radical (unpaired) electrons. The third kappa shape index (κ3) is 2.94. The number of ether oxygens (including phenoxy) is 1. The van der Waals surface area contributed by atoms with Gasteiger partial charge in [-0.3, -0.25) is 4.98 Å². The predicted molar refractivity (Wildman–Crippen MR) is 66.8 cm³/mol. The third-order valence-electron chi connectivity index (χ3n) is 3.08. The van der Waals surface area contributed by atoms with Gasteiger partial charge in [0.25, 0.3) is 6.23 Å². The second-order valence-electron chi connectivity index (χ2n) is 4.49. The summed E-state index contributed by atoms with van der Waals surface area (Å²) in [4.78, 5) is 3.83. The molecule has 0 spiro atoms. The number of aliphatic hydroxyl groups excluding tert-OH is 4. The Kier molecular flexibility index (Phi) is 4.63. The van der Waals surface area contributed by atoms with Crippen LogP contribution in [-0.4, -0.2) is 73.6 Å². The minimum absolute atomic E-state index is 0.319. The monoisotopic (exact) mass is 284 g/mol. The van der Waals surface area contributed by atoms with Crippen LogP contribution in [0.15, 0.2) is 24.5 Å². The minimum Gasteiger partial charge on any atom is -0.622 e. The summed E-state index contributed by atoms with van der Waals surface area (Å²) in [6.45, 7) is -0.581. The molecule has 0 aliphatic carbocycles. The number of aliphatic hydroxyl groups is 4. The van der Waals surface area contributed by atoms with Gasteiger partial charge in [-0.1, -0.05) is 0 Å². The number of nitrogens with zero attached hydrogens (tertiary/aromatic N) is 2. The highest BCUT2D eigenvalue weighted by Gasteiger charge is 2.47. The molecule has 0 aromatic carbocycles. The minimum atomic E-state index is -1.60. The van der Waals surface area contributed by atoms with Gasteiger partial charge in [-0.15, -0.1) is 0 Å². The van der Waals surface area contributed by atoms with Gasteiger partial charge in [-0.05, 0) is 12.1 Å². The zero-order valence-electron chi connectivity index (χ0n) is 10.5. The molecule has 2 rings (SSSR count). The molecule has 8 heteroatoms. The Bertz CT molecular complexity index is 466. The van der Waals surface area contributed by atoms with Crippen LogP contribution in [0.2, 0.25) is 0 Å². The van der Waals surface area contributed by atoms with Gasteiger partial charge in [-0.2, -0.15) is 4.74 Å². The van der Waals surface area contributed by atoms with Gasteiger partial charge in [0, 0.05) is 12.4 Å². The normalized spacial score (nSPS) is 35.0. The Labute approximate surface area is 114 Å². The number of rotatable bonds is 3. The van der Waals surface area contributed by atoms with Crippen molar-refractivity contribution in [3.05, 3.63) is 35.3 Å². The number of aromatic nitrogens is 1. The smallest absolute Gasteiger partial charge is 0.297 e. The van der Waals surface area contributed by atoms with Gasteiger partial charge >= 0.3 is 0 Å². The molecule has 1 fully saturated rings. The zero-order valence-corrected chi connectivity index (χ0v) is 10.5. The Hall–Kier alpha value is -1.58. The summed E-state index contributed by atoms with van der Waals surface area (Å²) >= 11 is 0. The zero-order chi connectivity index (χ0) is 14.7. The Morgan fingerprint density at radius 1 is 1.30 bits per heavy atom. The van der Waals surface area contributed by atoms with Crippen LogP contribution >= 0.6 is 0 Å². The van der Waals surface area contributed by atoms with E-state index in [1.165, 1.54) is 6.20 Å². The second-order valence-corrected chi connectivity index (χ2v) is 4.49. The van der Waals surface area contributed by atoms with Crippen LogP contribution in [0.4, 0.5) is 0 Å². The average Bonchev–Trinajstić information content (AvgIpc) is 2.46. The van der Waals surface area contributed by atoms with Crippen molar-refractivity contribution >= 4 is 6.21 Å². The molecule has 4 N–H and O–H groups in total. The molecule has 1 aromatic rings. The standard InChI is InChI=1S/C12H16N2O6/c15-6-8-9(16)10(17)11(18)12(20-8)14(19)5-7-2-1-3-13-4-7/h1-5,8-12,15-18H,6H2/t8-,9+,10-,11-,12?/m0/s1. The summed E-state index contributed by atoms with van der Waals surface area (Å²) in [7, 11) is 0. The van der Waals surface area contributed by atoms with Crippen molar-refractivity contribution in [2.24, 2.45) is 0 Å². The van der Waals surface area contributed by atoms with E-state index in [0.717, 1.165) is 6.21 Å². The second kappa shape index (κ2) is 6.25. The van der Waals surface area contributed by atoms with E-state index in [1.807, 2.05) is 0 Å². The molecular formula is C12H16N2O6. The fourth-order valence-corrected chi connectivity index (χ4v) is 1.96. The van der Waals surface area contributed by atoms with E-state index in [0.29, 0.717) is 10.3 Å². The predicted octanol–water partition coefficient (Wildman–Crippen LogP) is -2.19. The van der Waals surface area contributed by atoms with Crippen LogP contribution in [0.25, 0.3) is 0 Å². The Morgan fingerprint density at radius 3 is 2.65 bits per heavy atom. The Morgan fingerprint density at radius 2 is 2.05 bits per heavy atom. The molecular weight excluding hydrogens is 268 g/mol. The molecule has 1 unspecified atom stereocenters. The highest BCUT2D eigenvalue weighted by molar-refractivity contribution is 5.74. The van der Waals surface area contributed by atoms with Crippen LogP contribution in [-0.2, 0) is 4.74 Å². The van der Waals surface area contributed by atoms with Crippen molar-refractivity contribution in [1.82, 2.24) is 4.98 Å². The van der Waals surface area contributed by atoms with E-state index in [4.69, 9.17) is 9.84 Å². The van der Waals surface area contributed by atoms with Crippen LogP contribution in [0.3, 0.4) is 0 Å². The van der Waals surface area contributed by atoms with Crippen LogP contribution in [0, 0.1) is 5.21 Å². The first-order valence-corrected chi connectivity index (χ1v) is 6.05. The largest absolute Gasteiger partial charge is 0.622 e. The van der Waals surface area contributed by atoms with Crippen molar-refractivity contribution in [2.45, 2.75) is 30.6 Å². The van der Waals surface area contributed by atoms with Crippen molar-refractivity contribution in [2.75, 3.05) is 6.61 Å². The maximum absolute atomic E-state index is 12.0. The van der Waals surface area contributed by atoms with Crippen molar-refractivity contribution in [3.63, 3.8) is 0 Å². The van der Waals surface area contributed by atoms with E-state index < -0.39 is 37.3 Å². The SMILES string of the molecule is [O-][N+](=Cc1cccnc1)C1O[C@@H](CO)[C@@H](O)[C@H](O)[C@@H]1O. The summed E-state index contributed by atoms with van der Waals surface area (Å²) in [5.41, 5.74) is 0.486. The lowest BCUT2D eigenvalue weighted by Gasteiger charge is -2.37. The number of hydrogen-bond donors (Lipinski definition) is 4. The van der Waals surface area contributed by atoms with Crippen molar-refractivity contribution < 1.29 is 29.9 Å². The lowest BCUT2D eigenvalue weighted by Crippen LogP contribution is -2.60. The Balaban J connectivity index is 2.20. The van der Waals surface area contributed by atoms with E-state index >= 15 is 0 Å². The highest BCUT2D eigenvalue weighted by atomic mass is 16.6. The van der Waals surface area contributed by atoms with E-state index in [9.17, 15) is 20.5 Å². The first kappa shape index (κ1) is 14.8. The molecule has 0 bridgehead atoms. The summed E-state index contributed by atoms with van der Waals surface area (Å²) < 4.78 is 5.44. The van der Waals surface area contributed by atoms with Crippen molar-refractivity contribution in [3.8, 4) is 0 Å². The average molecular weight is 284 g/mol. The summed E-state index contributed by atoms with van der Waals surface area (Å²) in [5, 5.41) is 50.0. The summed E-state index contributed by atoms with van der Waals surface area (Å²) in [6, 6.07) is 3.26. The van der Waals surface area contributed by atoms with Crippen molar-refractivity contribution in [1.29, 1.82) is 0 Å².